The number of fused-ring (bicyclic) bond motifs is 10. The first kappa shape index (κ1) is 51.9. The number of rotatable bonds is 11. The van der Waals surface area contributed by atoms with Crippen LogP contribution < -0.4 is 26.2 Å². The van der Waals surface area contributed by atoms with Crippen LogP contribution in [0.25, 0.3) is 77.2 Å². The van der Waals surface area contributed by atoms with Crippen molar-refractivity contribution in [1.82, 2.24) is 9.13 Å². The predicted molar refractivity (Wildman–Crippen MR) is 416 cm³/mol. The van der Waals surface area contributed by atoms with E-state index in [1.807, 2.05) is 213 Å². The van der Waals surface area contributed by atoms with Gasteiger partial charge in [0.25, 0.3) is 6.71 Å². The summed E-state index contributed by atoms with van der Waals surface area (Å²) in [7, 11) is 0. The predicted octanol–water partition coefficient (Wildman–Crippen LogP) is 23.2. The molecule has 5 heteroatoms. The average Bonchev–Trinajstić information content (AvgIpc) is 0.777. The minimum Gasteiger partial charge on any atom is -0.311 e. The van der Waals surface area contributed by atoms with Crippen molar-refractivity contribution in [2.45, 2.75) is 136 Å². The number of hydrogen-bond donors (Lipinski definition) is 0. The second-order valence-electron chi connectivity index (χ2n) is 31.8. The van der Waals surface area contributed by atoms with Crippen LogP contribution in [-0.4, -0.2) is 15.8 Å². The average molecular weight is 1260 g/mol. The van der Waals surface area contributed by atoms with Gasteiger partial charge in [0.2, 0.25) is 0 Å². The van der Waals surface area contributed by atoms with Gasteiger partial charge in [0.15, 0.2) is 0 Å². The maximum absolute atomic E-state index is 10.4. The van der Waals surface area contributed by atoms with Crippen LogP contribution in [0.5, 0.6) is 0 Å². The highest BCUT2D eigenvalue weighted by molar-refractivity contribution is 7.00. The summed E-state index contributed by atoms with van der Waals surface area (Å²) in [5, 5.41) is 3.21. The Morgan fingerprint density at radius 2 is 0.552 bits per heavy atom. The third-order valence-corrected chi connectivity index (χ3v) is 18.1. The van der Waals surface area contributed by atoms with Crippen LogP contribution in [-0.2, 0) is 31.9 Å². The van der Waals surface area contributed by atoms with E-state index in [9.17, 15) is 13.7 Å². The Kier molecular flexibility index (Phi) is 12.6. The van der Waals surface area contributed by atoms with Crippen molar-refractivity contribution in [3.05, 3.63) is 258 Å². The molecule has 4 nitrogen and oxygen atoms in total. The molecule has 0 N–H and O–H groups in total. The summed E-state index contributed by atoms with van der Waals surface area (Å²) in [6, 6.07) is 79.2. The molecular formula is C91H93BN4. The first-order valence-corrected chi connectivity index (χ1v) is 34.1. The maximum atomic E-state index is 10.4. The Labute approximate surface area is 585 Å². The van der Waals surface area contributed by atoms with Gasteiger partial charge in [-0.15, -0.1) is 0 Å². The molecular weight excluding hydrogens is 1160 g/mol. The van der Waals surface area contributed by atoms with E-state index in [2.05, 4.69) is 140 Å². The molecule has 0 fully saturated rings. The smallest absolute Gasteiger partial charge is 0.252 e. The first-order valence-electron chi connectivity index (χ1n) is 39.1. The number of hydrogen-bond acceptors (Lipinski definition) is 2. The fourth-order valence-corrected chi connectivity index (χ4v) is 14.8. The molecule has 0 atom stereocenters. The number of anilines is 6. The molecule has 2 aromatic heterocycles. The van der Waals surface area contributed by atoms with Gasteiger partial charge in [-0.05, 0) is 235 Å². The Morgan fingerprint density at radius 1 is 0.271 bits per heavy atom. The lowest BCUT2D eigenvalue weighted by molar-refractivity contribution is 0.411. The molecule has 0 unspecified atom stereocenters. The highest BCUT2D eigenvalue weighted by Gasteiger charge is 2.44. The van der Waals surface area contributed by atoms with Crippen molar-refractivity contribution in [3.8, 4) is 33.6 Å². The van der Waals surface area contributed by atoms with Gasteiger partial charge in [0.1, 0.15) is 0 Å². The van der Waals surface area contributed by atoms with E-state index in [0.29, 0.717) is 27.8 Å². The normalized spacial score (nSPS) is 15.8. The fraction of sp³-hybridized carbons (Fsp3) is 0.275. The highest BCUT2D eigenvalue weighted by atomic mass is 15.2. The zero-order valence-electron chi connectivity index (χ0n) is 68.3. The summed E-state index contributed by atoms with van der Waals surface area (Å²) in [5.74, 6) is 0. The van der Waals surface area contributed by atoms with Gasteiger partial charge in [-0.1, -0.05) is 225 Å². The molecule has 4 heterocycles. The molecule has 2 aliphatic heterocycles. The third kappa shape index (κ3) is 12.1. The Morgan fingerprint density at radius 3 is 0.854 bits per heavy atom. The summed E-state index contributed by atoms with van der Waals surface area (Å²) in [6.07, 6.45) is -8.81. The highest BCUT2D eigenvalue weighted by Crippen LogP contribution is 2.48. The Bertz CT molecular complexity index is 5160. The quantitative estimate of drug-likeness (QED) is 0.120. The molecule has 0 spiro atoms. The molecule has 0 radical (unpaired) electrons. The second-order valence-corrected chi connectivity index (χ2v) is 31.8. The van der Waals surface area contributed by atoms with Crippen molar-refractivity contribution in [2.75, 3.05) is 9.80 Å². The fourth-order valence-electron chi connectivity index (χ4n) is 14.8. The monoisotopic (exact) mass is 1260 g/mol. The largest absolute Gasteiger partial charge is 0.311 e. The van der Waals surface area contributed by atoms with Gasteiger partial charge in [-0.25, -0.2) is 0 Å². The van der Waals surface area contributed by atoms with Gasteiger partial charge < -0.3 is 18.9 Å². The van der Waals surface area contributed by atoms with Crippen LogP contribution in [0.1, 0.15) is 145 Å². The summed E-state index contributed by atoms with van der Waals surface area (Å²) in [6.45, 7) is 28.5. The number of nitrogens with zero attached hydrogens (tertiary/aromatic N) is 4. The Balaban J connectivity index is 1.04. The van der Waals surface area contributed by atoms with E-state index in [4.69, 9.17) is 0 Å². The van der Waals surface area contributed by atoms with Crippen LogP contribution in [0.15, 0.2) is 231 Å². The lowest BCUT2D eigenvalue weighted by Gasteiger charge is -2.45. The molecule has 13 aromatic rings. The molecule has 2 aliphatic rings. The maximum Gasteiger partial charge on any atom is 0.252 e. The van der Waals surface area contributed by atoms with Gasteiger partial charge in [-0.2, -0.15) is 0 Å². The van der Waals surface area contributed by atoms with Crippen molar-refractivity contribution in [3.63, 3.8) is 0 Å². The molecule has 0 saturated carbocycles. The molecule has 96 heavy (non-hydrogen) atoms. The standard InChI is InChI=1S/C91H93BN4/c1-87(2,3)54-59-26-42-78-72(46-59)73-47-60(55-88(4,5)6)27-43-79(73)95(78)70-38-40-76-82(52-70)93(68-34-30-66(31-35-68)64-22-18-16-19-23-64)84-50-63(58-91(13,14)15)51-85-86(84)92(76)77-41-39-71(53-83(77)94(85)69-36-32-67(33-37-69)65-24-20-17-21-25-65)96-80-44-28-61(56-89(7,8)9)48-74(80)75-49-62(29-45-81(75)96)57-90(10,11)12/h16-53H,54-58H2,1-15H3/i54D2,55D2,56D2,57D2,58D2. The molecule has 0 amide bonds. The van der Waals surface area contributed by atoms with Gasteiger partial charge >= 0.3 is 0 Å². The summed E-state index contributed by atoms with van der Waals surface area (Å²) in [4.78, 5) is 4.65. The van der Waals surface area contributed by atoms with Crippen molar-refractivity contribution < 1.29 is 13.7 Å². The molecule has 0 saturated heterocycles. The van der Waals surface area contributed by atoms with Crippen LogP contribution in [0.3, 0.4) is 0 Å². The van der Waals surface area contributed by atoms with E-state index in [1.165, 1.54) is 0 Å². The van der Waals surface area contributed by atoms with Crippen LogP contribution in [0.2, 0.25) is 0 Å². The summed E-state index contributed by atoms with van der Waals surface area (Å²) in [5.41, 5.74) is 16.0. The minimum atomic E-state index is -1.90. The molecule has 0 bridgehead atoms. The van der Waals surface area contributed by atoms with Crippen molar-refractivity contribution in [1.29, 1.82) is 0 Å². The lowest BCUT2D eigenvalue weighted by Crippen LogP contribution is -2.61. The Hall–Kier alpha value is -9.32. The molecule has 480 valence electrons. The second kappa shape index (κ2) is 23.2. The molecule has 0 aliphatic carbocycles. The van der Waals surface area contributed by atoms with Gasteiger partial charge in [0, 0.05) is 80.8 Å². The van der Waals surface area contributed by atoms with E-state index in [1.54, 1.807) is 0 Å². The van der Waals surface area contributed by atoms with E-state index in [0.717, 1.165) is 128 Å². The van der Waals surface area contributed by atoms with Gasteiger partial charge in [-0.3, -0.25) is 0 Å². The zero-order chi connectivity index (χ0) is 75.9. The summed E-state index contributed by atoms with van der Waals surface area (Å²) >= 11 is 0. The van der Waals surface area contributed by atoms with E-state index in [-0.39, 0.29) is 0 Å². The van der Waals surface area contributed by atoms with Crippen LogP contribution >= 0.6 is 0 Å². The van der Waals surface area contributed by atoms with Crippen molar-refractivity contribution >= 4 is 101 Å². The minimum absolute atomic E-state index is 0.447. The SMILES string of the molecule is [2H]C([2H])(c1cc2c3c(c1)N(c1ccc(-c4ccccc4)cc1)c1cc(-n4c5ccc(C([2H])([2H])C(C)(C)C)cc5c5cc(C([2H])([2H])C(C)(C)C)ccc54)ccc1B3c1ccc(-n3c4ccc(C([2H])([2H])C(C)(C)C)cc4c4cc(C([2H])([2H])C(C)(C)C)ccc43)cc1N2c1ccc(-c2ccccc2)cc1)C(C)(C)C. The topological polar surface area (TPSA) is 16.3 Å². The zero-order valence-corrected chi connectivity index (χ0v) is 58.3. The van der Waals surface area contributed by atoms with E-state index >= 15 is 0 Å². The number of aromatic nitrogens is 2. The third-order valence-electron chi connectivity index (χ3n) is 18.1. The van der Waals surface area contributed by atoms with Crippen LogP contribution in [0.4, 0.5) is 34.1 Å². The van der Waals surface area contributed by atoms with E-state index < -0.39 is 65.7 Å². The molecule has 11 aromatic carbocycles. The van der Waals surface area contributed by atoms with Crippen molar-refractivity contribution in [2.24, 2.45) is 27.1 Å². The van der Waals surface area contributed by atoms with Gasteiger partial charge in [0.05, 0.1) is 22.1 Å². The van der Waals surface area contributed by atoms with Crippen LogP contribution in [0, 0.1) is 27.1 Å². The molecule has 15 rings (SSSR count). The lowest BCUT2D eigenvalue weighted by atomic mass is 9.33. The summed E-state index contributed by atoms with van der Waals surface area (Å²) < 4.78 is 102. The first-order chi connectivity index (χ1) is 49.5. The number of benzene rings is 11.